The fraction of sp³-hybridized carbons (Fsp3) is 0.100. The number of halogens is 2. The maximum atomic E-state index is 13.5. The van der Waals surface area contributed by atoms with Gasteiger partial charge in [0.05, 0.1) is 12.3 Å². The van der Waals surface area contributed by atoms with E-state index in [1.807, 2.05) is 0 Å². The first-order valence-electron chi connectivity index (χ1n) is 4.31. The van der Waals surface area contributed by atoms with E-state index in [1.54, 1.807) is 12.1 Å². The number of aliphatic hydroxyl groups is 1. The number of hydrogen-bond donors (Lipinski definition) is 1. The predicted molar refractivity (Wildman–Crippen MR) is 54.5 cm³/mol. The van der Waals surface area contributed by atoms with Crippen LogP contribution in [0.5, 0.6) is 0 Å². The van der Waals surface area contributed by atoms with Crippen LogP contribution in [0, 0.1) is 5.82 Å². The van der Waals surface area contributed by atoms with E-state index in [9.17, 15) is 4.39 Å². The van der Waals surface area contributed by atoms with Gasteiger partial charge >= 0.3 is 0 Å². The van der Waals surface area contributed by atoms with E-state index in [4.69, 9.17) is 16.7 Å². The predicted octanol–water partition coefficient (Wildman–Crippen LogP) is 2.16. The zero-order valence-corrected chi connectivity index (χ0v) is 8.45. The molecule has 1 aromatic heterocycles. The van der Waals surface area contributed by atoms with Crippen molar-refractivity contribution in [3.8, 4) is 5.69 Å². The van der Waals surface area contributed by atoms with Gasteiger partial charge in [-0.15, -0.1) is 0 Å². The monoisotopic (exact) mass is 226 g/mol. The summed E-state index contributed by atoms with van der Waals surface area (Å²) in [5, 5.41) is 13.3. The zero-order valence-electron chi connectivity index (χ0n) is 7.69. The summed E-state index contributed by atoms with van der Waals surface area (Å²) in [4.78, 5) is 0. The van der Waals surface area contributed by atoms with Crippen molar-refractivity contribution in [1.29, 1.82) is 0 Å². The van der Waals surface area contributed by atoms with Crippen molar-refractivity contribution in [2.75, 3.05) is 0 Å². The summed E-state index contributed by atoms with van der Waals surface area (Å²) < 4.78 is 14.8. The normalized spacial score (nSPS) is 10.6. The number of nitrogens with zero attached hydrogens (tertiary/aromatic N) is 2. The van der Waals surface area contributed by atoms with Gasteiger partial charge in [-0.25, -0.2) is 9.07 Å². The lowest BCUT2D eigenvalue weighted by Gasteiger charge is -2.06. The highest BCUT2D eigenvalue weighted by atomic mass is 35.5. The zero-order chi connectivity index (χ0) is 10.8. The summed E-state index contributed by atoms with van der Waals surface area (Å²) in [6.07, 6.45) is 1.50. The van der Waals surface area contributed by atoms with E-state index in [0.717, 1.165) is 0 Å². The van der Waals surface area contributed by atoms with Crippen LogP contribution >= 0.6 is 11.6 Å². The third kappa shape index (κ3) is 1.86. The minimum atomic E-state index is -0.471. The summed E-state index contributed by atoms with van der Waals surface area (Å²) in [6, 6.07) is 5.92. The van der Waals surface area contributed by atoms with Crippen molar-refractivity contribution in [3.05, 3.63) is 47.0 Å². The molecule has 0 aliphatic carbocycles. The highest BCUT2D eigenvalue weighted by Gasteiger charge is 2.09. The third-order valence-corrected chi connectivity index (χ3v) is 2.26. The Bertz CT molecular complexity index is 484. The molecule has 0 spiro atoms. The van der Waals surface area contributed by atoms with Gasteiger partial charge in [0, 0.05) is 11.2 Å². The number of rotatable bonds is 2. The molecule has 0 saturated carbocycles. The molecule has 5 heteroatoms. The Balaban J connectivity index is 2.54. The van der Waals surface area contributed by atoms with Gasteiger partial charge in [-0.1, -0.05) is 11.6 Å². The van der Waals surface area contributed by atoms with Gasteiger partial charge in [0.25, 0.3) is 0 Å². The fourth-order valence-electron chi connectivity index (χ4n) is 1.32. The standard InChI is InChI=1S/C10H8ClFN2O/c11-7-1-2-10(9(12)5-7)14-8(6-15)3-4-13-14/h1-5,15H,6H2. The van der Waals surface area contributed by atoms with Crippen LogP contribution in [0.25, 0.3) is 5.69 Å². The number of hydrogen-bond acceptors (Lipinski definition) is 2. The maximum absolute atomic E-state index is 13.5. The van der Waals surface area contributed by atoms with Crippen molar-refractivity contribution >= 4 is 11.6 Å². The second-order valence-corrected chi connectivity index (χ2v) is 3.42. The van der Waals surface area contributed by atoms with Gasteiger partial charge in [-0.2, -0.15) is 5.10 Å². The van der Waals surface area contributed by atoms with Gasteiger partial charge in [0.1, 0.15) is 11.5 Å². The average Bonchev–Trinajstić information content (AvgIpc) is 2.65. The van der Waals surface area contributed by atoms with E-state index in [0.29, 0.717) is 10.7 Å². The lowest BCUT2D eigenvalue weighted by atomic mass is 10.3. The molecule has 0 amide bonds. The van der Waals surface area contributed by atoms with Crippen LogP contribution in [0.15, 0.2) is 30.5 Å². The highest BCUT2D eigenvalue weighted by Crippen LogP contribution is 2.19. The van der Waals surface area contributed by atoms with Crippen LogP contribution in [-0.2, 0) is 6.61 Å². The number of aromatic nitrogens is 2. The Kier molecular flexibility index (Phi) is 2.70. The molecule has 0 aliphatic heterocycles. The van der Waals surface area contributed by atoms with Crippen LogP contribution in [-0.4, -0.2) is 14.9 Å². The maximum Gasteiger partial charge on any atom is 0.150 e. The smallest absolute Gasteiger partial charge is 0.150 e. The molecule has 3 nitrogen and oxygen atoms in total. The Morgan fingerprint density at radius 1 is 1.40 bits per heavy atom. The van der Waals surface area contributed by atoms with Gasteiger partial charge < -0.3 is 5.11 Å². The molecule has 0 aliphatic rings. The minimum Gasteiger partial charge on any atom is -0.390 e. The summed E-state index contributed by atoms with van der Waals surface area (Å²) in [6.45, 7) is -0.192. The molecule has 0 unspecified atom stereocenters. The second kappa shape index (κ2) is 4.00. The molecular formula is C10H8ClFN2O. The van der Waals surface area contributed by atoms with Crippen molar-refractivity contribution in [1.82, 2.24) is 9.78 Å². The second-order valence-electron chi connectivity index (χ2n) is 2.99. The number of benzene rings is 1. The molecular weight excluding hydrogens is 219 g/mol. The van der Waals surface area contributed by atoms with E-state index in [1.165, 1.54) is 23.0 Å². The summed E-state index contributed by atoms with van der Waals surface area (Å²) in [7, 11) is 0. The molecule has 78 valence electrons. The molecule has 0 radical (unpaired) electrons. The molecule has 0 bridgehead atoms. The average molecular weight is 227 g/mol. The molecule has 1 aromatic carbocycles. The van der Waals surface area contributed by atoms with Gasteiger partial charge in [-0.05, 0) is 24.3 Å². The summed E-state index contributed by atoms with van der Waals surface area (Å²) >= 11 is 5.63. The van der Waals surface area contributed by atoms with Gasteiger partial charge in [-0.3, -0.25) is 0 Å². The van der Waals surface area contributed by atoms with E-state index in [2.05, 4.69) is 5.10 Å². The van der Waals surface area contributed by atoms with Crippen molar-refractivity contribution in [3.63, 3.8) is 0 Å². The van der Waals surface area contributed by atoms with E-state index >= 15 is 0 Å². The molecule has 15 heavy (non-hydrogen) atoms. The third-order valence-electron chi connectivity index (χ3n) is 2.02. The van der Waals surface area contributed by atoms with E-state index in [-0.39, 0.29) is 12.3 Å². The highest BCUT2D eigenvalue weighted by molar-refractivity contribution is 6.30. The molecule has 2 aromatic rings. The van der Waals surface area contributed by atoms with Gasteiger partial charge in [0.2, 0.25) is 0 Å². The lowest BCUT2D eigenvalue weighted by Crippen LogP contribution is -2.04. The van der Waals surface area contributed by atoms with Crippen LogP contribution in [0.1, 0.15) is 5.69 Å². The SMILES string of the molecule is OCc1ccnn1-c1ccc(Cl)cc1F. The topological polar surface area (TPSA) is 38.1 Å². The van der Waals surface area contributed by atoms with Crippen LogP contribution in [0.2, 0.25) is 5.02 Å². The van der Waals surface area contributed by atoms with E-state index < -0.39 is 5.82 Å². The summed E-state index contributed by atoms with van der Waals surface area (Å²) in [5.74, 6) is -0.471. The number of aliphatic hydroxyl groups excluding tert-OH is 1. The van der Waals surface area contributed by atoms with Crippen molar-refractivity contribution in [2.45, 2.75) is 6.61 Å². The first kappa shape index (κ1) is 10.1. The Hall–Kier alpha value is -1.39. The lowest BCUT2D eigenvalue weighted by molar-refractivity contribution is 0.273. The molecule has 2 rings (SSSR count). The Morgan fingerprint density at radius 2 is 2.20 bits per heavy atom. The molecule has 0 saturated heterocycles. The first-order valence-corrected chi connectivity index (χ1v) is 4.69. The van der Waals surface area contributed by atoms with Crippen molar-refractivity contribution in [2.24, 2.45) is 0 Å². The quantitative estimate of drug-likeness (QED) is 0.852. The van der Waals surface area contributed by atoms with Crippen LogP contribution in [0.4, 0.5) is 4.39 Å². The molecule has 0 atom stereocenters. The Labute approximate surface area is 90.7 Å². The van der Waals surface area contributed by atoms with Crippen molar-refractivity contribution < 1.29 is 9.50 Å². The largest absolute Gasteiger partial charge is 0.390 e. The summed E-state index contributed by atoms with van der Waals surface area (Å²) in [5.41, 5.74) is 0.796. The van der Waals surface area contributed by atoms with Gasteiger partial charge in [0.15, 0.2) is 0 Å². The molecule has 1 N–H and O–H groups in total. The fourth-order valence-corrected chi connectivity index (χ4v) is 1.48. The molecule has 1 heterocycles. The minimum absolute atomic E-state index is 0.192. The van der Waals surface area contributed by atoms with Crippen LogP contribution < -0.4 is 0 Å². The Morgan fingerprint density at radius 3 is 2.87 bits per heavy atom. The first-order chi connectivity index (χ1) is 7.22. The molecule has 0 fully saturated rings. The van der Waals surface area contributed by atoms with Crippen LogP contribution in [0.3, 0.4) is 0 Å².